The summed E-state index contributed by atoms with van der Waals surface area (Å²) in [6.07, 6.45) is 3.95. The van der Waals surface area contributed by atoms with Crippen molar-refractivity contribution in [1.82, 2.24) is 5.32 Å². The molecule has 0 aromatic heterocycles. The summed E-state index contributed by atoms with van der Waals surface area (Å²) in [6, 6.07) is -0.422. The molecule has 0 amide bonds. The van der Waals surface area contributed by atoms with Crippen LogP contribution in [0, 0.1) is 0 Å². The Morgan fingerprint density at radius 3 is 2.69 bits per heavy atom. The molecule has 0 heterocycles. The summed E-state index contributed by atoms with van der Waals surface area (Å²) in [4.78, 5) is 10.7. The lowest BCUT2D eigenvalue weighted by Crippen LogP contribution is -2.37. The molecule has 78 valence electrons. The van der Waals surface area contributed by atoms with E-state index in [9.17, 15) is 4.79 Å². The summed E-state index contributed by atoms with van der Waals surface area (Å²) < 4.78 is 0. The van der Waals surface area contributed by atoms with Crippen molar-refractivity contribution in [3.8, 4) is 0 Å². The van der Waals surface area contributed by atoms with Crippen LogP contribution in [0.5, 0.6) is 0 Å². The van der Waals surface area contributed by atoms with E-state index in [2.05, 4.69) is 24.9 Å². The van der Waals surface area contributed by atoms with Gasteiger partial charge < -0.3 is 10.4 Å². The number of hydrogen-bond acceptors (Lipinski definition) is 3. The van der Waals surface area contributed by atoms with Gasteiger partial charge in [-0.1, -0.05) is 19.8 Å². The van der Waals surface area contributed by atoms with Gasteiger partial charge >= 0.3 is 5.97 Å². The lowest BCUT2D eigenvalue weighted by molar-refractivity contribution is -0.139. The first-order valence-electron chi connectivity index (χ1n) is 4.79. The Hall–Kier alpha value is -0.220. The molecular formula is C9H19NO2S. The zero-order valence-corrected chi connectivity index (χ0v) is 9.02. The predicted molar refractivity (Wildman–Crippen MR) is 57.4 cm³/mol. The van der Waals surface area contributed by atoms with Gasteiger partial charge in [0.05, 0.1) is 0 Å². The van der Waals surface area contributed by atoms with Gasteiger partial charge in [0.25, 0.3) is 0 Å². The fourth-order valence-corrected chi connectivity index (χ4v) is 1.35. The Morgan fingerprint density at radius 1 is 1.54 bits per heavy atom. The summed E-state index contributed by atoms with van der Waals surface area (Å²) in [7, 11) is 0. The number of thiol groups is 1. The SMILES string of the molecule is CCCCCN[C@@H](CCS)C(=O)O. The quantitative estimate of drug-likeness (QED) is 0.416. The molecule has 0 saturated heterocycles. The molecule has 4 heteroatoms. The molecule has 2 N–H and O–H groups in total. The normalized spacial score (nSPS) is 12.8. The highest BCUT2D eigenvalue weighted by molar-refractivity contribution is 7.80. The van der Waals surface area contributed by atoms with Crippen LogP contribution in [0.2, 0.25) is 0 Å². The molecule has 1 atom stereocenters. The van der Waals surface area contributed by atoms with E-state index in [4.69, 9.17) is 5.11 Å². The van der Waals surface area contributed by atoms with Crippen molar-refractivity contribution in [1.29, 1.82) is 0 Å². The fourth-order valence-electron chi connectivity index (χ4n) is 1.09. The summed E-state index contributed by atoms with van der Waals surface area (Å²) >= 11 is 4.01. The molecule has 0 aliphatic carbocycles. The second-order valence-electron chi connectivity index (χ2n) is 3.06. The Labute approximate surface area is 85.3 Å². The Kier molecular flexibility index (Phi) is 8.24. The number of carboxylic acid groups (broad SMARTS) is 1. The molecule has 0 fully saturated rings. The topological polar surface area (TPSA) is 49.3 Å². The zero-order valence-electron chi connectivity index (χ0n) is 8.12. The first-order valence-corrected chi connectivity index (χ1v) is 5.42. The molecule has 13 heavy (non-hydrogen) atoms. The molecule has 0 aliphatic rings. The number of aliphatic carboxylic acids is 1. The van der Waals surface area contributed by atoms with Gasteiger partial charge in [0, 0.05) is 0 Å². The molecule has 0 bridgehead atoms. The summed E-state index contributed by atoms with van der Waals surface area (Å²) in [6.45, 7) is 2.92. The largest absolute Gasteiger partial charge is 0.480 e. The first-order chi connectivity index (χ1) is 6.22. The van der Waals surface area contributed by atoms with Gasteiger partial charge in [-0.15, -0.1) is 0 Å². The van der Waals surface area contributed by atoms with Crippen LogP contribution >= 0.6 is 12.6 Å². The molecule has 0 radical (unpaired) electrons. The molecule has 0 aromatic rings. The molecule has 0 spiro atoms. The minimum atomic E-state index is -0.773. The standard InChI is InChI=1S/C9H19NO2S/c1-2-3-4-6-10-8(5-7-13)9(11)12/h8,10,13H,2-7H2,1H3,(H,11,12)/t8-/m0/s1. The predicted octanol–water partition coefficient (Wildman–Crippen LogP) is 1.54. The zero-order chi connectivity index (χ0) is 10.1. The Bertz CT molecular complexity index is 142. The second-order valence-corrected chi connectivity index (χ2v) is 3.51. The van der Waals surface area contributed by atoms with Crippen molar-refractivity contribution in [2.75, 3.05) is 12.3 Å². The number of nitrogens with one attached hydrogen (secondary N) is 1. The first kappa shape index (κ1) is 12.8. The Morgan fingerprint density at radius 2 is 2.23 bits per heavy atom. The van der Waals surface area contributed by atoms with Gasteiger partial charge in [0.2, 0.25) is 0 Å². The Balaban J connectivity index is 3.51. The third kappa shape index (κ3) is 6.90. The maximum atomic E-state index is 10.7. The van der Waals surface area contributed by atoms with E-state index >= 15 is 0 Å². The number of carboxylic acids is 1. The third-order valence-electron chi connectivity index (χ3n) is 1.89. The highest BCUT2D eigenvalue weighted by Crippen LogP contribution is 1.97. The summed E-state index contributed by atoms with van der Waals surface area (Å²) in [5.41, 5.74) is 0. The van der Waals surface area contributed by atoms with Crippen molar-refractivity contribution in [2.45, 2.75) is 38.6 Å². The molecular weight excluding hydrogens is 186 g/mol. The third-order valence-corrected chi connectivity index (χ3v) is 2.15. The van der Waals surface area contributed by atoms with E-state index in [1.54, 1.807) is 0 Å². The maximum Gasteiger partial charge on any atom is 0.320 e. The minimum Gasteiger partial charge on any atom is -0.480 e. The second kappa shape index (κ2) is 8.38. The van der Waals surface area contributed by atoms with Crippen molar-refractivity contribution in [3.63, 3.8) is 0 Å². The van der Waals surface area contributed by atoms with Crippen LogP contribution in [-0.4, -0.2) is 29.4 Å². The van der Waals surface area contributed by atoms with E-state index in [1.807, 2.05) is 0 Å². The number of hydrogen-bond donors (Lipinski definition) is 3. The highest BCUT2D eigenvalue weighted by Gasteiger charge is 2.14. The molecule has 0 aromatic carbocycles. The molecule has 0 unspecified atom stereocenters. The van der Waals surface area contributed by atoms with Gasteiger partial charge in [0.1, 0.15) is 6.04 Å². The van der Waals surface area contributed by atoms with Gasteiger partial charge in [-0.05, 0) is 25.1 Å². The summed E-state index contributed by atoms with van der Waals surface area (Å²) in [5, 5.41) is 11.8. The average molecular weight is 205 g/mol. The van der Waals surface area contributed by atoms with Crippen molar-refractivity contribution < 1.29 is 9.90 Å². The van der Waals surface area contributed by atoms with Gasteiger partial charge in [-0.25, -0.2) is 0 Å². The highest BCUT2D eigenvalue weighted by atomic mass is 32.1. The van der Waals surface area contributed by atoms with Crippen LogP contribution < -0.4 is 5.32 Å². The lowest BCUT2D eigenvalue weighted by atomic mass is 10.2. The maximum absolute atomic E-state index is 10.7. The van der Waals surface area contributed by atoms with Gasteiger partial charge in [-0.3, -0.25) is 4.79 Å². The van der Waals surface area contributed by atoms with Crippen molar-refractivity contribution in [2.24, 2.45) is 0 Å². The van der Waals surface area contributed by atoms with Crippen LogP contribution in [0.3, 0.4) is 0 Å². The van der Waals surface area contributed by atoms with Gasteiger partial charge in [0.15, 0.2) is 0 Å². The van der Waals surface area contributed by atoms with E-state index in [0.717, 1.165) is 25.8 Å². The van der Waals surface area contributed by atoms with Crippen LogP contribution in [0.15, 0.2) is 0 Å². The number of unbranched alkanes of at least 4 members (excludes halogenated alkanes) is 2. The van der Waals surface area contributed by atoms with E-state index in [-0.39, 0.29) is 0 Å². The van der Waals surface area contributed by atoms with Gasteiger partial charge in [-0.2, -0.15) is 12.6 Å². The van der Waals surface area contributed by atoms with E-state index in [1.165, 1.54) is 0 Å². The van der Waals surface area contributed by atoms with Crippen LogP contribution in [0.4, 0.5) is 0 Å². The van der Waals surface area contributed by atoms with E-state index in [0.29, 0.717) is 12.2 Å². The average Bonchev–Trinajstić information content (AvgIpc) is 2.10. The summed E-state index contributed by atoms with van der Waals surface area (Å²) in [5.74, 6) is -0.164. The number of rotatable bonds is 8. The smallest absolute Gasteiger partial charge is 0.320 e. The van der Waals surface area contributed by atoms with Crippen LogP contribution in [0.1, 0.15) is 32.6 Å². The van der Waals surface area contributed by atoms with E-state index < -0.39 is 12.0 Å². The van der Waals surface area contributed by atoms with Crippen LogP contribution in [-0.2, 0) is 4.79 Å². The molecule has 0 saturated carbocycles. The fraction of sp³-hybridized carbons (Fsp3) is 0.889. The number of carbonyl (C=O) groups is 1. The lowest BCUT2D eigenvalue weighted by Gasteiger charge is -2.12. The van der Waals surface area contributed by atoms with Crippen LogP contribution in [0.25, 0.3) is 0 Å². The molecule has 3 nitrogen and oxygen atoms in total. The van der Waals surface area contributed by atoms with Crippen molar-refractivity contribution >= 4 is 18.6 Å². The monoisotopic (exact) mass is 205 g/mol. The molecule has 0 aliphatic heterocycles. The molecule has 0 rings (SSSR count). The minimum absolute atomic E-state index is 0.422. The van der Waals surface area contributed by atoms with Crippen molar-refractivity contribution in [3.05, 3.63) is 0 Å².